The van der Waals surface area contributed by atoms with E-state index >= 15 is 4.39 Å². The number of nitrogens with zero attached hydrogens (tertiary/aromatic N) is 1. The smallest absolute Gasteiger partial charge is 0.324 e. The molecule has 35 heavy (non-hydrogen) atoms. The zero-order chi connectivity index (χ0) is 25.9. The molecule has 1 spiro atoms. The lowest BCUT2D eigenvalue weighted by atomic mass is 9.64. The highest BCUT2D eigenvalue weighted by molar-refractivity contribution is 6.31. The van der Waals surface area contributed by atoms with E-state index < -0.39 is 40.8 Å². The van der Waals surface area contributed by atoms with E-state index in [4.69, 9.17) is 27.9 Å². The number of halogens is 3. The summed E-state index contributed by atoms with van der Waals surface area (Å²) >= 11 is 12.4. The van der Waals surface area contributed by atoms with E-state index in [1.165, 1.54) is 12.3 Å². The fourth-order valence-corrected chi connectivity index (χ4v) is 5.66. The molecule has 188 valence electrons. The van der Waals surface area contributed by atoms with Crippen LogP contribution in [0.25, 0.3) is 0 Å². The van der Waals surface area contributed by atoms with Crippen LogP contribution in [0.3, 0.4) is 0 Å². The van der Waals surface area contributed by atoms with Gasteiger partial charge in [-0.05, 0) is 50.3 Å². The van der Waals surface area contributed by atoms with E-state index in [1.807, 2.05) is 20.8 Å². The second-order valence-corrected chi connectivity index (χ2v) is 12.3. The molecule has 0 bridgehead atoms. The molecule has 2 N–H and O–H groups in total. The second kappa shape index (κ2) is 8.71. The van der Waals surface area contributed by atoms with Crippen molar-refractivity contribution in [2.24, 2.45) is 5.41 Å². The topological polar surface area (TPSA) is 80.3 Å². The van der Waals surface area contributed by atoms with Gasteiger partial charge in [0.25, 0.3) is 0 Å². The minimum Gasteiger partial charge on any atom is -0.459 e. The van der Waals surface area contributed by atoms with Crippen LogP contribution in [-0.4, -0.2) is 34.5 Å². The average molecular weight is 522 g/mol. The first kappa shape index (κ1) is 25.9. The third kappa shape index (κ3) is 4.54. The third-order valence-corrected chi connectivity index (χ3v) is 6.92. The highest BCUT2D eigenvalue weighted by atomic mass is 35.5. The van der Waals surface area contributed by atoms with Crippen LogP contribution in [-0.2, 0) is 19.7 Å². The molecular formula is C26H30Cl2FN3O3. The number of hydrogen-bond acceptors (Lipinski definition) is 5. The summed E-state index contributed by atoms with van der Waals surface area (Å²) in [6.07, 6.45) is 1.96. The molecule has 0 aliphatic carbocycles. The quantitative estimate of drug-likeness (QED) is 0.512. The van der Waals surface area contributed by atoms with Crippen molar-refractivity contribution in [3.05, 3.63) is 57.6 Å². The Morgan fingerprint density at radius 2 is 1.89 bits per heavy atom. The number of carbonyl (C=O) groups is 2. The van der Waals surface area contributed by atoms with Crippen molar-refractivity contribution in [3.63, 3.8) is 0 Å². The standard InChI is InChI=1S/C26H30Cl2FN3O3/c1-24(2,3)11-17-26(21-16(31-23(26)34)10-13(27)12-30-21)18(14-8-7-9-15(28)19(14)29)20(32-17)22(33)35-25(4,5)6/h7-10,12,17-18,20,32H,11H2,1-6H3,(H,31,34). The molecule has 3 heterocycles. The van der Waals surface area contributed by atoms with E-state index in [9.17, 15) is 9.59 Å². The van der Waals surface area contributed by atoms with Gasteiger partial charge in [-0.15, -0.1) is 0 Å². The van der Waals surface area contributed by atoms with Crippen LogP contribution in [0.1, 0.15) is 65.1 Å². The Labute approximate surface area is 214 Å². The Morgan fingerprint density at radius 3 is 2.51 bits per heavy atom. The molecule has 2 aromatic rings. The van der Waals surface area contributed by atoms with E-state index in [0.717, 1.165) is 0 Å². The fourth-order valence-electron chi connectivity index (χ4n) is 5.32. The molecule has 2 aliphatic rings. The van der Waals surface area contributed by atoms with Crippen molar-refractivity contribution in [3.8, 4) is 0 Å². The summed E-state index contributed by atoms with van der Waals surface area (Å²) in [7, 11) is 0. The van der Waals surface area contributed by atoms with Gasteiger partial charge in [0.1, 0.15) is 22.9 Å². The molecule has 6 nitrogen and oxygen atoms in total. The van der Waals surface area contributed by atoms with Gasteiger partial charge in [-0.2, -0.15) is 0 Å². The predicted molar refractivity (Wildman–Crippen MR) is 134 cm³/mol. The van der Waals surface area contributed by atoms with E-state index in [2.05, 4.69) is 15.6 Å². The summed E-state index contributed by atoms with van der Waals surface area (Å²) in [6, 6.07) is 4.65. The van der Waals surface area contributed by atoms with Gasteiger partial charge in [0.2, 0.25) is 5.91 Å². The number of benzene rings is 1. The number of nitrogens with one attached hydrogen (secondary N) is 2. The Hall–Kier alpha value is -2.22. The Morgan fingerprint density at radius 1 is 1.20 bits per heavy atom. The van der Waals surface area contributed by atoms with Crippen LogP contribution in [0.4, 0.5) is 10.1 Å². The summed E-state index contributed by atoms with van der Waals surface area (Å²) in [6.45, 7) is 11.4. The SMILES string of the molecule is CC(C)(C)CC1NC(C(=O)OC(C)(C)C)C(c2cccc(Cl)c2F)C12C(=O)Nc1cc(Cl)cnc12. The maximum atomic E-state index is 15.6. The summed E-state index contributed by atoms with van der Waals surface area (Å²) in [4.78, 5) is 32.1. The van der Waals surface area contributed by atoms with Crippen molar-refractivity contribution in [2.45, 2.75) is 77.0 Å². The first-order valence-electron chi connectivity index (χ1n) is 11.6. The van der Waals surface area contributed by atoms with Gasteiger partial charge < -0.3 is 10.1 Å². The maximum Gasteiger partial charge on any atom is 0.324 e. The van der Waals surface area contributed by atoms with Gasteiger partial charge in [-0.3, -0.25) is 19.9 Å². The zero-order valence-corrected chi connectivity index (χ0v) is 22.1. The summed E-state index contributed by atoms with van der Waals surface area (Å²) in [5.41, 5.74) is -1.41. The van der Waals surface area contributed by atoms with Gasteiger partial charge in [-0.1, -0.05) is 56.1 Å². The number of aromatic nitrogens is 1. The minimum absolute atomic E-state index is 0.0949. The number of anilines is 1. The number of rotatable bonds is 3. The van der Waals surface area contributed by atoms with Crippen LogP contribution in [0.15, 0.2) is 30.5 Å². The van der Waals surface area contributed by atoms with Crippen molar-refractivity contribution >= 4 is 40.8 Å². The maximum absolute atomic E-state index is 15.6. The number of hydrogen-bond donors (Lipinski definition) is 2. The Balaban J connectivity index is 2.01. The number of carbonyl (C=O) groups excluding carboxylic acids is 2. The number of ether oxygens (including phenoxy) is 1. The molecular weight excluding hydrogens is 492 g/mol. The zero-order valence-electron chi connectivity index (χ0n) is 20.6. The summed E-state index contributed by atoms with van der Waals surface area (Å²) in [5.74, 6) is -2.61. The largest absolute Gasteiger partial charge is 0.459 e. The monoisotopic (exact) mass is 521 g/mol. The normalized spacial score (nSPS) is 26.1. The number of esters is 1. The first-order chi connectivity index (χ1) is 16.1. The highest BCUT2D eigenvalue weighted by Crippen LogP contribution is 2.56. The van der Waals surface area contributed by atoms with Gasteiger partial charge >= 0.3 is 5.97 Å². The molecule has 4 atom stereocenters. The Kier molecular flexibility index (Phi) is 6.44. The summed E-state index contributed by atoms with van der Waals surface area (Å²) in [5, 5.41) is 6.52. The number of amides is 1. The summed E-state index contributed by atoms with van der Waals surface area (Å²) < 4.78 is 21.3. The van der Waals surface area contributed by atoms with E-state index in [-0.39, 0.29) is 21.9 Å². The fraction of sp³-hybridized carbons (Fsp3) is 0.500. The van der Waals surface area contributed by atoms with Crippen molar-refractivity contribution in [2.75, 3.05) is 5.32 Å². The molecule has 9 heteroatoms. The van der Waals surface area contributed by atoms with E-state index in [0.29, 0.717) is 22.8 Å². The van der Waals surface area contributed by atoms with Crippen molar-refractivity contribution in [1.29, 1.82) is 0 Å². The van der Waals surface area contributed by atoms with Crippen LogP contribution < -0.4 is 10.6 Å². The minimum atomic E-state index is -1.40. The predicted octanol–water partition coefficient (Wildman–Crippen LogP) is 5.62. The Bertz CT molecular complexity index is 1190. The van der Waals surface area contributed by atoms with Crippen molar-refractivity contribution < 1.29 is 18.7 Å². The lowest BCUT2D eigenvalue weighted by Crippen LogP contribution is -2.50. The number of pyridine rings is 1. The molecule has 1 amide bonds. The molecule has 1 aromatic heterocycles. The van der Waals surface area contributed by atoms with Crippen LogP contribution in [0.2, 0.25) is 10.0 Å². The molecule has 1 fully saturated rings. The van der Waals surface area contributed by atoms with Crippen LogP contribution in [0.5, 0.6) is 0 Å². The second-order valence-electron chi connectivity index (χ2n) is 11.5. The molecule has 1 aromatic carbocycles. The molecule has 1 saturated heterocycles. The molecule has 0 saturated carbocycles. The number of fused-ring (bicyclic) bond motifs is 2. The van der Waals surface area contributed by atoms with E-state index in [1.54, 1.807) is 39.0 Å². The van der Waals surface area contributed by atoms with Crippen LogP contribution in [0, 0.1) is 11.2 Å². The lowest BCUT2D eigenvalue weighted by molar-refractivity contribution is -0.157. The van der Waals surface area contributed by atoms with Crippen molar-refractivity contribution in [1.82, 2.24) is 10.3 Å². The molecule has 0 radical (unpaired) electrons. The lowest BCUT2D eigenvalue weighted by Gasteiger charge is -2.37. The van der Waals surface area contributed by atoms with Gasteiger partial charge in [0.05, 0.1) is 21.4 Å². The molecule has 4 unspecified atom stereocenters. The molecule has 2 aliphatic heterocycles. The third-order valence-electron chi connectivity index (χ3n) is 6.42. The first-order valence-corrected chi connectivity index (χ1v) is 12.3. The highest BCUT2D eigenvalue weighted by Gasteiger charge is 2.67. The van der Waals surface area contributed by atoms with Gasteiger partial charge in [0, 0.05) is 18.2 Å². The van der Waals surface area contributed by atoms with Gasteiger partial charge in [0.15, 0.2) is 0 Å². The van der Waals surface area contributed by atoms with Crippen LogP contribution >= 0.6 is 23.2 Å². The average Bonchev–Trinajstić information content (AvgIpc) is 3.17. The van der Waals surface area contributed by atoms with Gasteiger partial charge in [-0.25, -0.2) is 4.39 Å². The molecule has 4 rings (SSSR count).